The predicted octanol–water partition coefficient (Wildman–Crippen LogP) is 0.302. The Kier molecular flexibility index (Phi) is 4.27. The molecule has 2 aromatic heterocycles. The molecule has 0 atom stereocenters. The number of nitrogens with zero attached hydrogens (tertiary/aromatic N) is 1. The number of rotatable bonds is 6. The average molecular weight is 249 g/mol. The molecule has 2 heterocycles. The van der Waals surface area contributed by atoms with E-state index < -0.39 is 0 Å². The van der Waals surface area contributed by atoms with Gasteiger partial charge in [0.1, 0.15) is 5.65 Å². The summed E-state index contributed by atoms with van der Waals surface area (Å²) >= 11 is 0. The van der Waals surface area contributed by atoms with E-state index in [9.17, 15) is 4.79 Å². The summed E-state index contributed by atoms with van der Waals surface area (Å²) < 4.78 is 5.05. The number of fused-ring (bicyclic) bond motifs is 1. The van der Waals surface area contributed by atoms with Crippen molar-refractivity contribution in [2.45, 2.75) is 0 Å². The van der Waals surface area contributed by atoms with Crippen molar-refractivity contribution < 1.29 is 14.6 Å². The Balaban J connectivity index is 1.93. The van der Waals surface area contributed by atoms with Gasteiger partial charge < -0.3 is 20.1 Å². The van der Waals surface area contributed by atoms with Crippen LogP contribution in [0.3, 0.4) is 0 Å². The lowest BCUT2D eigenvalue weighted by atomic mass is 10.2. The van der Waals surface area contributed by atoms with Crippen LogP contribution in [0.1, 0.15) is 10.4 Å². The molecule has 0 unspecified atom stereocenters. The number of aliphatic hydroxyl groups excluding tert-OH is 1. The summed E-state index contributed by atoms with van der Waals surface area (Å²) in [6.07, 6.45) is 3.31. The smallest absolute Gasteiger partial charge is 0.253 e. The van der Waals surface area contributed by atoms with E-state index in [0.29, 0.717) is 24.4 Å². The highest BCUT2D eigenvalue weighted by Crippen LogP contribution is 2.14. The number of amides is 1. The Hall–Kier alpha value is -1.92. The maximum absolute atomic E-state index is 11.9. The summed E-state index contributed by atoms with van der Waals surface area (Å²) in [5.74, 6) is -0.165. The number of pyridine rings is 1. The van der Waals surface area contributed by atoms with E-state index in [-0.39, 0.29) is 19.1 Å². The second-order valence-corrected chi connectivity index (χ2v) is 3.69. The summed E-state index contributed by atoms with van der Waals surface area (Å²) in [7, 11) is 0. The van der Waals surface area contributed by atoms with Crippen molar-refractivity contribution in [3.63, 3.8) is 0 Å². The van der Waals surface area contributed by atoms with E-state index in [2.05, 4.69) is 15.3 Å². The second kappa shape index (κ2) is 6.13. The number of hydrogen-bond donors (Lipinski definition) is 3. The third kappa shape index (κ3) is 2.85. The van der Waals surface area contributed by atoms with Crippen molar-refractivity contribution in [2.24, 2.45) is 0 Å². The van der Waals surface area contributed by atoms with Crippen LogP contribution >= 0.6 is 0 Å². The maximum Gasteiger partial charge on any atom is 0.253 e. The zero-order chi connectivity index (χ0) is 12.8. The van der Waals surface area contributed by atoms with Crippen LogP contribution in [0.4, 0.5) is 0 Å². The highest BCUT2D eigenvalue weighted by Gasteiger charge is 2.11. The van der Waals surface area contributed by atoms with Gasteiger partial charge in [-0.25, -0.2) is 4.98 Å². The van der Waals surface area contributed by atoms with E-state index in [1.54, 1.807) is 18.5 Å². The second-order valence-electron chi connectivity index (χ2n) is 3.69. The van der Waals surface area contributed by atoms with Crippen molar-refractivity contribution in [2.75, 3.05) is 26.4 Å². The molecule has 18 heavy (non-hydrogen) atoms. The van der Waals surface area contributed by atoms with Gasteiger partial charge in [0.15, 0.2) is 0 Å². The van der Waals surface area contributed by atoms with Gasteiger partial charge in [-0.05, 0) is 12.1 Å². The molecule has 0 bridgehead atoms. The first-order valence-corrected chi connectivity index (χ1v) is 5.72. The molecule has 6 nitrogen and oxygen atoms in total. The van der Waals surface area contributed by atoms with Crippen LogP contribution in [0, 0.1) is 0 Å². The number of H-pyrrole nitrogens is 1. The summed E-state index contributed by atoms with van der Waals surface area (Å²) in [6, 6.07) is 3.63. The minimum atomic E-state index is -0.165. The fraction of sp³-hybridized carbons (Fsp3) is 0.333. The molecule has 3 N–H and O–H groups in total. The van der Waals surface area contributed by atoms with Crippen LogP contribution in [0.15, 0.2) is 24.5 Å². The van der Waals surface area contributed by atoms with Crippen LogP contribution in [0.5, 0.6) is 0 Å². The van der Waals surface area contributed by atoms with E-state index in [1.807, 2.05) is 6.07 Å². The summed E-state index contributed by atoms with van der Waals surface area (Å²) in [6.45, 7) is 1.06. The molecule has 0 saturated heterocycles. The standard InChI is InChI=1S/C12H15N3O3/c16-5-7-18-6-4-14-12(17)10-8-15-11-9(10)2-1-3-13-11/h1-3,8,16H,4-7H2,(H,13,15)(H,14,17). The third-order valence-corrected chi connectivity index (χ3v) is 2.46. The number of hydrogen-bond acceptors (Lipinski definition) is 4. The Morgan fingerprint density at radius 3 is 3.22 bits per heavy atom. The molecule has 0 aromatic carbocycles. The molecule has 96 valence electrons. The molecule has 6 heteroatoms. The van der Waals surface area contributed by atoms with Crippen molar-refractivity contribution in [3.8, 4) is 0 Å². The Labute approximate surface area is 104 Å². The van der Waals surface area contributed by atoms with Gasteiger partial charge in [-0.1, -0.05) is 0 Å². The van der Waals surface area contributed by atoms with Crippen molar-refractivity contribution >= 4 is 16.9 Å². The Bertz CT molecular complexity index is 524. The normalized spacial score (nSPS) is 10.7. The number of ether oxygens (including phenoxy) is 1. The zero-order valence-corrected chi connectivity index (χ0v) is 9.85. The molecule has 0 aliphatic rings. The van der Waals surface area contributed by atoms with Crippen molar-refractivity contribution in [1.82, 2.24) is 15.3 Å². The molecule has 2 aromatic rings. The number of carbonyl (C=O) groups is 1. The highest BCUT2D eigenvalue weighted by molar-refractivity contribution is 6.05. The first kappa shape index (κ1) is 12.5. The van der Waals surface area contributed by atoms with Crippen molar-refractivity contribution in [1.29, 1.82) is 0 Å². The molecular weight excluding hydrogens is 234 g/mol. The lowest BCUT2D eigenvalue weighted by molar-refractivity contribution is 0.0839. The average Bonchev–Trinajstić information content (AvgIpc) is 2.82. The first-order valence-electron chi connectivity index (χ1n) is 5.72. The fourth-order valence-corrected chi connectivity index (χ4v) is 1.64. The minimum absolute atomic E-state index is 0.0118. The van der Waals surface area contributed by atoms with Crippen LogP contribution in [-0.2, 0) is 4.74 Å². The summed E-state index contributed by atoms with van der Waals surface area (Å²) in [5.41, 5.74) is 1.26. The highest BCUT2D eigenvalue weighted by atomic mass is 16.5. The monoisotopic (exact) mass is 249 g/mol. The van der Waals surface area contributed by atoms with Crippen molar-refractivity contribution in [3.05, 3.63) is 30.1 Å². The topological polar surface area (TPSA) is 87.2 Å². The van der Waals surface area contributed by atoms with Crippen LogP contribution in [0.25, 0.3) is 11.0 Å². The SMILES string of the molecule is O=C(NCCOCCO)c1c[nH]c2ncccc12. The van der Waals surface area contributed by atoms with Gasteiger partial charge >= 0.3 is 0 Å². The van der Waals surface area contributed by atoms with E-state index in [1.165, 1.54) is 0 Å². The van der Waals surface area contributed by atoms with E-state index in [4.69, 9.17) is 9.84 Å². The molecule has 0 radical (unpaired) electrons. The zero-order valence-electron chi connectivity index (χ0n) is 9.85. The number of aliphatic hydroxyl groups is 1. The number of aromatic nitrogens is 2. The van der Waals surface area contributed by atoms with Gasteiger partial charge in [-0.2, -0.15) is 0 Å². The van der Waals surface area contributed by atoms with Crippen LogP contribution in [0.2, 0.25) is 0 Å². The predicted molar refractivity (Wildman–Crippen MR) is 66.3 cm³/mol. The number of aromatic amines is 1. The number of carbonyl (C=O) groups excluding carboxylic acids is 1. The Morgan fingerprint density at radius 2 is 2.39 bits per heavy atom. The molecule has 0 saturated carbocycles. The molecule has 1 amide bonds. The number of nitrogens with one attached hydrogen (secondary N) is 2. The summed E-state index contributed by atoms with van der Waals surface area (Å²) in [5, 5.41) is 12.1. The molecule has 0 aliphatic carbocycles. The molecule has 0 fully saturated rings. The minimum Gasteiger partial charge on any atom is -0.394 e. The molecule has 2 rings (SSSR count). The first-order chi connectivity index (χ1) is 8.83. The quantitative estimate of drug-likeness (QED) is 0.643. The Morgan fingerprint density at radius 1 is 1.50 bits per heavy atom. The molecular formula is C12H15N3O3. The van der Waals surface area contributed by atoms with Gasteiger partial charge in [-0.15, -0.1) is 0 Å². The van der Waals surface area contributed by atoms with Gasteiger partial charge in [0.25, 0.3) is 5.91 Å². The third-order valence-electron chi connectivity index (χ3n) is 2.46. The van der Waals surface area contributed by atoms with E-state index in [0.717, 1.165) is 5.39 Å². The lowest BCUT2D eigenvalue weighted by Crippen LogP contribution is -2.27. The van der Waals surface area contributed by atoms with Gasteiger partial charge in [0.05, 0.1) is 25.4 Å². The van der Waals surface area contributed by atoms with Crippen LogP contribution < -0.4 is 5.32 Å². The van der Waals surface area contributed by atoms with Crippen LogP contribution in [-0.4, -0.2) is 47.3 Å². The maximum atomic E-state index is 11.9. The largest absolute Gasteiger partial charge is 0.394 e. The van der Waals surface area contributed by atoms with Gasteiger partial charge in [-0.3, -0.25) is 4.79 Å². The summed E-state index contributed by atoms with van der Waals surface area (Å²) in [4.78, 5) is 18.9. The van der Waals surface area contributed by atoms with Gasteiger partial charge in [0, 0.05) is 24.3 Å². The molecule has 0 spiro atoms. The fourth-order valence-electron chi connectivity index (χ4n) is 1.64. The van der Waals surface area contributed by atoms with Gasteiger partial charge in [0.2, 0.25) is 0 Å². The molecule has 0 aliphatic heterocycles. The lowest BCUT2D eigenvalue weighted by Gasteiger charge is -2.04. The van der Waals surface area contributed by atoms with E-state index >= 15 is 0 Å².